The second-order valence-corrected chi connectivity index (χ2v) is 4.73. The lowest BCUT2D eigenvalue weighted by Crippen LogP contribution is -2.39. The van der Waals surface area contributed by atoms with Crippen molar-refractivity contribution in [2.45, 2.75) is 19.8 Å². The van der Waals surface area contributed by atoms with E-state index in [1.165, 1.54) is 6.42 Å². The molecule has 0 saturated carbocycles. The Hall–Kier alpha value is -1.51. The summed E-state index contributed by atoms with van der Waals surface area (Å²) in [4.78, 5) is 14.2. The summed E-state index contributed by atoms with van der Waals surface area (Å²) < 4.78 is 5.14. The quantitative estimate of drug-likeness (QED) is 0.785. The molecule has 1 amide bonds. The normalized spacial score (nSPS) is 20.1. The van der Waals surface area contributed by atoms with Crippen LogP contribution in [0.4, 0.5) is 0 Å². The summed E-state index contributed by atoms with van der Waals surface area (Å²) >= 11 is 0. The fourth-order valence-corrected chi connectivity index (χ4v) is 2.31. The van der Waals surface area contributed by atoms with E-state index >= 15 is 0 Å². The van der Waals surface area contributed by atoms with Crippen molar-refractivity contribution in [2.75, 3.05) is 20.2 Å². The van der Waals surface area contributed by atoms with Crippen molar-refractivity contribution in [1.82, 2.24) is 4.90 Å². The molecule has 0 N–H and O–H groups in total. The van der Waals surface area contributed by atoms with Crippen molar-refractivity contribution in [2.24, 2.45) is 5.92 Å². The third kappa shape index (κ3) is 2.78. The molecule has 92 valence electrons. The molecule has 0 spiro atoms. The third-order valence-electron chi connectivity index (χ3n) is 3.26. The van der Waals surface area contributed by atoms with Gasteiger partial charge in [0.1, 0.15) is 5.75 Å². The number of carbonyl (C=O) groups excluding carboxylic acids is 1. The van der Waals surface area contributed by atoms with E-state index in [0.717, 1.165) is 30.8 Å². The molecule has 1 aromatic rings. The number of rotatable bonds is 2. The summed E-state index contributed by atoms with van der Waals surface area (Å²) in [7, 11) is 1.62. The predicted molar refractivity (Wildman–Crippen MR) is 67.3 cm³/mol. The van der Waals surface area contributed by atoms with Gasteiger partial charge in [0.2, 0.25) is 0 Å². The molecular weight excluding hydrogens is 214 g/mol. The van der Waals surface area contributed by atoms with Crippen LogP contribution in [0.1, 0.15) is 30.1 Å². The summed E-state index contributed by atoms with van der Waals surface area (Å²) in [6.07, 6.45) is 2.33. The first-order valence-corrected chi connectivity index (χ1v) is 6.14. The van der Waals surface area contributed by atoms with Crippen LogP contribution >= 0.6 is 0 Å². The minimum absolute atomic E-state index is 0.121. The maximum atomic E-state index is 12.3. The van der Waals surface area contributed by atoms with Gasteiger partial charge in [-0.05, 0) is 37.0 Å². The third-order valence-corrected chi connectivity index (χ3v) is 3.26. The average molecular weight is 233 g/mol. The lowest BCUT2D eigenvalue weighted by molar-refractivity contribution is 0.0682. The van der Waals surface area contributed by atoms with E-state index in [0.29, 0.717) is 5.92 Å². The Bertz CT molecular complexity index is 403. The molecule has 0 aromatic heterocycles. The van der Waals surface area contributed by atoms with E-state index in [1.54, 1.807) is 7.11 Å². The minimum Gasteiger partial charge on any atom is -0.497 e. The van der Waals surface area contributed by atoms with Gasteiger partial charge in [-0.2, -0.15) is 0 Å². The second-order valence-electron chi connectivity index (χ2n) is 4.73. The van der Waals surface area contributed by atoms with Crippen LogP contribution < -0.4 is 4.74 Å². The highest BCUT2D eigenvalue weighted by Gasteiger charge is 2.22. The molecule has 0 aliphatic carbocycles. The number of amides is 1. The van der Waals surface area contributed by atoms with Gasteiger partial charge in [0.15, 0.2) is 0 Å². The zero-order valence-corrected chi connectivity index (χ0v) is 10.5. The van der Waals surface area contributed by atoms with Crippen molar-refractivity contribution >= 4 is 5.91 Å². The standard InChI is InChI=1S/C14H19NO2/c1-11-5-4-8-15(10-11)14(16)12-6-3-7-13(9-12)17-2/h3,6-7,9,11H,4-5,8,10H2,1-2H3/t11-/m1/s1. The molecule has 0 radical (unpaired) electrons. The fraction of sp³-hybridized carbons (Fsp3) is 0.500. The lowest BCUT2D eigenvalue weighted by Gasteiger charge is -2.31. The average Bonchev–Trinajstić information content (AvgIpc) is 2.38. The second kappa shape index (κ2) is 5.21. The Kier molecular flexibility index (Phi) is 3.67. The van der Waals surface area contributed by atoms with Gasteiger partial charge in [-0.3, -0.25) is 4.79 Å². The maximum absolute atomic E-state index is 12.3. The number of carbonyl (C=O) groups is 1. The zero-order valence-electron chi connectivity index (χ0n) is 10.5. The van der Waals surface area contributed by atoms with Crippen LogP contribution in [0.15, 0.2) is 24.3 Å². The van der Waals surface area contributed by atoms with Crippen LogP contribution in [-0.2, 0) is 0 Å². The number of hydrogen-bond donors (Lipinski definition) is 0. The van der Waals surface area contributed by atoms with E-state index in [2.05, 4.69) is 6.92 Å². The molecule has 17 heavy (non-hydrogen) atoms. The number of ether oxygens (including phenoxy) is 1. The van der Waals surface area contributed by atoms with Gasteiger partial charge in [-0.1, -0.05) is 13.0 Å². The van der Waals surface area contributed by atoms with Gasteiger partial charge in [0.25, 0.3) is 5.91 Å². The maximum Gasteiger partial charge on any atom is 0.253 e. The lowest BCUT2D eigenvalue weighted by atomic mass is 9.99. The van der Waals surface area contributed by atoms with Crippen LogP contribution in [0.25, 0.3) is 0 Å². The summed E-state index contributed by atoms with van der Waals surface area (Å²) in [6.45, 7) is 3.95. The van der Waals surface area contributed by atoms with Gasteiger partial charge >= 0.3 is 0 Å². The molecular formula is C14H19NO2. The molecule has 1 fully saturated rings. The Morgan fingerprint density at radius 2 is 2.29 bits per heavy atom. The van der Waals surface area contributed by atoms with Crippen molar-refractivity contribution < 1.29 is 9.53 Å². The minimum atomic E-state index is 0.121. The molecule has 1 saturated heterocycles. The number of benzene rings is 1. The van der Waals surface area contributed by atoms with Crippen molar-refractivity contribution in [1.29, 1.82) is 0 Å². The first-order chi connectivity index (χ1) is 8.20. The smallest absolute Gasteiger partial charge is 0.253 e. The first-order valence-electron chi connectivity index (χ1n) is 6.14. The number of methoxy groups -OCH3 is 1. The molecule has 1 aliphatic rings. The Morgan fingerprint density at radius 1 is 1.47 bits per heavy atom. The molecule has 1 aliphatic heterocycles. The van der Waals surface area contributed by atoms with Gasteiger partial charge in [-0.15, -0.1) is 0 Å². The van der Waals surface area contributed by atoms with E-state index < -0.39 is 0 Å². The zero-order chi connectivity index (χ0) is 12.3. The van der Waals surface area contributed by atoms with Gasteiger partial charge in [0.05, 0.1) is 7.11 Å². The van der Waals surface area contributed by atoms with Crippen LogP contribution in [0.3, 0.4) is 0 Å². The highest BCUT2D eigenvalue weighted by molar-refractivity contribution is 5.94. The monoisotopic (exact) mass is 233 g/mol. The summed E-state index contributed by atoms with van der Waals surface area (Å²) in [5, 5.41) is 0. The Morgan fingerprint density at radius 3 is 3.00 bits per heavy atom. The van der Waals surface area contributed by atoms with Crippen molar-refractivity contribution in [3.8, 4) is 5.75 Å². The number of nitrogens with zero attached hydrogens (tertiary/aromatic N) is 1. The van der Waals surface area contributed by atoms with Crippen LogP contribution in [0.2, 0.25) is 0 Å². The topological polar surface area (TPSA) is 29.5 Å². The molecule has 3 heteroatoms. The van der Waals surface area contributed by atoms with E-state index in [1.807, 2.05) is 29.2 Å². The van der Waals surface area contributed by atoms with Gasteiger partial charge in [-0.25, -0.2) is 0 Å². The largest absolute Gasteiger partial charge is 0.497 e. The fourth-order valence-electron chi connectivity index (χ4n) is 2.31. The summed E-state index contributed by atoms with van der Waals surface area (Å²) in [5.74, 6) is 1.47. The highest BCUT2D eigenvalue weighted by atomic mass is 16.5. The molecule has 1 aromatic carbocycles. The first kappa shape index (κ1) is 12.0. The predicted octanol–water partition coefficient (Wildman–Crippen LogP) is 2.57. The molecule has 1 heterocycles. The van der Waals surface area contributed by atoms with Crippen LogP contribution in [0, 0.1) is 5.92 Å². The van der Waals surface area contributed by atoms with Crippen LogP contribution in [-0.4, -0.2) is 31.0 Å². The SMILES string of the molecule is COc1cccc(C(=O)N2CCC[C@@H](C)C2)c1. The Labute approximate surface area is 102 Å². The highest BCUT2D eigenvalue weighted by Crippen LogP contribution is 2.19. The van der Waals surface area contributed by atoms with E-state index in [4.69, 9.17) is 4.74 Å². The Balaban J connectivity index is 2.12. The number of piperidine rings is 1. The van der Waals surface area contributed by atoms with Gasteiger partial charge < -0.3 is 9.64 Å². The van der Waals surface area contributed by atoms with E-state index in [9.17, 15) is 4.79 Å². The van der Waals surface area contributed by atoms with E-state index in [-0.39, 0.29) is 5.91 Å². The molecule has 1 atom stereocenters. The molecule has 2 rings (SSSR count). The molecule has 0 unspecified atom stereocenters. The summed E-state index contributed by atoms with van der Waals surface area (Å²) in [5.41, 5.74) is 0.721. The number of hydrogen-bond acceptors (Lipinski definition) is 2. The number of likely N-dealkylation sites (tertiary alicyclic amines) is 1. The van der Waals surface area contributed by atoms with Crippen molar-refractivity contribution in [3.05, 3.63) is 29.8 Å². The molecule has 3 nitrogen and oxygen atoms in total. The van der Waals surface area contributed by atoms with Gasteiger partial charge in [0, 0.05) is 18.7 Å². The van der Waals surface area contributed by atoms with Crippen LogP contribution in [0.5, 0.6) is 5.75 Å². The van der Waals surface area contributed by atoms with Crippen molar-refractivity contribution in [3.63, 3.8) is 0 Å². The summed E-state index contributed by atoms with van der Waals surface area (Å²) in [6, 6.07) is 7.38. The molecule has 0 bridgehead atoms.